The maximum Gasteiger partial charge on any atom is 0.337 e. The summed E-state index contributed by atoms with van der Waals surface area (Å²) in [7, 11) is 1.60. The van der Waals surface area contributed by atoms with E-state index in [2.05, 4.69) is 10.3 Å². The Balaban J connectivity index is 2.77. The molecule has 0 aliphatic carbocycles. The molecule has 1 unspecified atom stereocenters. The van der Waals surface area contributed by atoms with Gasteiger partial charge in [-0.05, 0) is 24.5 Å². The largest absolute Gasteiger partial charge is 0.478 e. The number of carbonyl (C=O) groups excluding carboxylic acids is 1. The Bertz CT molecular complexity index is 535. The molecule has 0 aliphatic heterocycles. The van der Waals surface area contributed by atoms with Gasteiger partial charge >= 0.3 is 5.97 Å². The topological polar surface area (TPSA) is 88.5 Å². The van der Waals surface area contributed by atoms with Crippen LogP contribution in [0.1, 0.15) is 47.3 Å². The Hall–Kier alpha value is -1.95. The first-order chi connectivity index (χ1) is 9.66. The van der Waals surface area contributed by atoms with Gasteiger partial charge in [-0.15, -0.1) is 0 Å². The molecule has 1 aromatic rings. The van der Waals surface area contributed by atoms with Gasteiger partial charge in [0.05, 0.1) is 17.4 Å². The summed E-state index contributed by atoms with van der Waals surface area (Å²) < 4.78 is 5.36. The molecule has 1 rings (SSSR count). The van der Waals surface area contributed by atoms with E-state index in [9.17, 15) is 9.59 Å². The van der Waals surface area contributed by atoms with Crippen LogP contribution in [0.2, 0.25) is 0 Å². The number of nitrogens with zero attached hydrogens (tertiary/aromatic N) is 1. The average Bonchev–Trinajstić information content (AvgIpc) is 2.36. The van der Waals surface area contributed by atoms with Gasteiger partial charge in [0.25, 0.3) is 5.91 Å². The molecular formula is C15H22N2O4. The van der Waals surface area contributed by atoms with Gasteiger partial charge in [-0.25, -0.2) is 9.78 Å². The minimum atomic E-state index is -1.06. The predicted molar refractivity (Wildman–Crippen MR) is 78.5 cm³/mol. The zero-order valence-electron chi connectivity index (χ0n) is 13.1. The third-order valence-corrected chi connectivity index (χ3v) is 3.25. The molecule has 0 fully saturated rings. The Morgan fingerprint density at radius 1 is 1.38 bits per heavy atom. The lowest BCUT2D eigenvalue weighted by Gasteiger charge is -2.29. The molecular weight excluding hydrogens is 272 g/mol. The number of hydrogen-bond donors (Lipinski definition) is 2. The van der Waals surface area contributed by atoms with Crippen molar-refractivity contribution in [3.63, 3.8) is 0 Å². The molecule has 0 aromatic carbocycles. The van der Waals surface area contributed by atoms with Crippen molar-refractivity contribution in [1.82, 2.24) is 10.3 Å². The van der Waals surface area contributed by atoms with Crippen LogP contribution in [0.3, 0.4) is 0 Å². The van der Waals surface area contributed by atoms with E-state index in [-0.39, 0.29) is 28.7 Å². The van der Waals surface area contributed by atoms with Gasteiger partial charge in [0, 0.05) is 13.7 Å². The number of aromatic carboxylic acids is 1. The predicted octanol–water partition coefficient (Wildman–Crippen LogP) is 1.88. The number of rotatable bonds is 5. The fourth-order valence-electron chi connectivity index (χ4n) is 1.93. The summed E-state index contributed by atoms with van der Waals surface area (Å²) >= 11 is 0. The number of nitrogens with one attached hydrogen (secondary N) is 1. The summed E-state index contributed by atoms with van der Waals surface area (Å²) in [6.45, 7) is 8.00. The second-order valence-corrected chi connectivity index (χ2v) is 5.94. The minimum absolute atomic E-state index is 0.0935. The van der Waals surface area contributed by atoms with E-state index < -0.39 is 5.97 Å². The zero-order valence-corrected chi connectivity index (χ0v) is 13.1. The second kappa shape index (κ2) is 6.67. The Morgan fingerprint density at radius 2 is 2.00 bits per heavy atom. The summed E-state index contributed by atoms with van der Waals surface area (Å²) in [5.41, 5.74) is 0.505. The van der Waals surface area contributed by atoms with Crippen molar-refractivity contribution < 1.29 is 19.4 Å². The van der Waals surface area contributed by atoms with Crippen molar-refractivity contribution in [1.29, 1.82) is 0 Å². The summed E-state index contributed by atoms with van der Waals surface area (Å²) in [5.74, 6) is -1.40. The van der Waals surface area contributed by atoms with Gasteiger partial charge in [-0.3, -0.25) is 4.79 Å². The number of methoxy groups -OCH3 is 1. The number of pyridine rings is 1. The first-order valence-corrected chi connectivity index (χ1v) is 6.68. The highest BCUT2D eigenvalue weighted by molar-refractivity contribution is 5.94. The van der Waals surface area contributed by atoms with Gasteiger partial charge in [0.15, 0.2) is 0 Å². The molecule has 2 N–H and O–H groups in total. The van der Waals surface area contributed by atoms with Gasteiger partial charge in [0.2, 0.25) is 0 Å². The van der Waals surface area contributed by atoms with Crippen LogP contribution in [-0.4, -0.2) is 41.7 Å². The second-order valence-electron chi connectivity index (χ2n) is 5.94. The number of ether oxygens (including phenoxy) is 1. The average molecular weight is 294 g/mol. The zero-order chi connectivity index (χ0) is 16.2. The first kappa shape index (κ1) is 17.1. The maximum atomic E-state index is 12.0. The number of aryl methyl sites for hydroxylation is 1. The summed E-state index contributed by atoms with van der Waals surface area (Å²) in [4.78, 5) is 27.0. The van der Waals surface area contributed by atoms with Crippen molar-refractivity contribution in [2.24, 2.45) is 5.41 Å². The summed E-state index contributed by atoms with van der Waals surface area (Å²) in [6.07, 6.45) is -0.124. The Kier molecular flexibility index (Phi) is 5.43. The molecule has 1 amide bonds. The Labute approximate surface area is 124 Å². The third-order valence-electron chi connectivity index (χ3n) is 3.25. The van der Waals surface area contributed by atoms with E-state index in [0.717, 1.165) is 0 Å². The van der Waals surface area contributed by atoms with Crippen LogP contribution in [-0.2, 0) is 4.74 Å². The molecule has 21 heavy (non-hydrogen) atoms. The van der Waals surface area contributed by atoms with Gasteiger partial charge in [-0.1, -0.05) is 20.8 Å². The number of aromatic nitrogens is 1. The summed E-state index contributed by atoms with van der Waals surface area (Å²) in [5, 5.41) is 11.7. The van der Waals surface area contributed by atoms with Crippen molar-refractivity contribution in [2.45, 2.75) is 33.8 Å². The molecule has 0 saturated heterocycles. The molecule has 0 saturated carbocycles. The van der Waals surface area contributed by atoms with Crippen molar-refractivity contribution in [3.8, 4) is 0 Å². The van der Waals surface area contributed by atoms with Crippen LogP contribution in [0, 0.1) is 12.3 Å². The standard InChI is InChI=1S/C15H22N2O4/c1-9-10(14(19)20)6-7-11(17-9)13(18)16-8-12(21-5)15(2,3)4/h6-7,12H,8H2,1-5H3,(H,16,18)(H,19,20). The highest BCUT2D eigenvalue weighted by Crippen LogP contribution is 2.21. The van der Waals surface area contributed by atoms with E-state index in [1.807, 2.05) is 20.8 Å². The van der Waals surface area contributed by atoms with Crippen molar-refractivity contribution in [2.75, 3.05) is 13.7 Å². The molecule has 116 valence electrons. The molecule has 0 bridgehead atoms. The highest BCUT2D eigenvalue weighted by Gasteiger charge is 2.25. The number of amides is 1. The van der Waals surface area contributed by atoms with Gasteiger partial charge in [0.1, 0.15) is 5.69 Å². The molecule has 0 radical (unpaired) electrons. The highest BCUT2D eigenvalue weighted by atomic mass is 16.5. The van der Waals surface area contributed by atoms with Gasteiger partial charge in [-0.2, -0.15) is 0 Å². The fourth-order valence-corrected chi connectivity index (χ4v) is 1.93. The van der Waals surface area contributed by atoms with E-state index in [1.165, 1.54) is 12.1 Å². The van der Waals surface area contributed by atoms with E-state index in [1.54, 1.807) is 14.0 Å². The van der Waals surface area contributed by atoms with E-state index in [0.29, 0.717) is 12.2 Å². The lowest BCUT2D eigenvalue weighted by Crippen LogP contribution is -2.40. The normalized spacial score (nSPS) is 12.8. The van der Waals surface area contributed by atoms with Crippen LogP contribution in [0.5, 0.6) is 0 Å². The van der Waals surface area contributed by atoms with Gasteiger partial charge < -0.3 is 15.2 Å². The quantitative estimate of drug-likeness (QED) is 0.865. The molecule has 1 heterocycles. The number of hydrogen-bond acceptors (Lipinski definition) is 4. The monoisotopic (exact) mass is 294 g/mol. The van der Waals surface area contributed by atoms with Crippen LogP contribution in [0.4, 0.5) is 0 Å². The fraction of sp³-hybridized carbons (Fsp3) is 0.533. The first-order valence-electron chi connectivity index (χ1n) is 6.68. The lowest BCUT2D eigenvalue weighted by atomic mass is 9.89. The minimum Gasteiger partial charge on any atom is -0.478 e. The number of carbonyl (C=O) groups is 2. The summed E-state index contributed by atoms with van der Waals surface area (Å²) in [6, 6.07) is 2.79. The maximum absolute atomic E-state index is 12.0. The van der Waals surface area contributed by atoms with Crippen LogP contribution in [0.15, 0.2) is 12.1 Å². The number of carboxylic acids is 1. The van der Waals surface area contributed by atoms with E-state index >= 15 is 0 Å². The van der Waals surface area contributed by atoms with Crippen LogP contribution in [0.25, 0.3) is 0 Å². The molecule has 0 spiro atoms. The molecule has 6 heteroatoms. The molecule has 6 nitrogen and oxygen atoms in total. The lowest BCUT2D eigenvalue weighted by molar-refractivity contribution is 0.0175. The SMILES string of the molecule is COC(CNC(=O)c1ccc(C(=O)O)c(C)n1)C(C)(C)C. The third kappa shape index (κ3) is 4.53. The molecule has 1 aromatic heterocycles. The van der Waals surface area contributed by atoms with Crippen LogP contribution >= 0.6 is 0 Å². The van der Waals surface area contributed by atoms with Crippen molar-refractivity contribution in [3.05, 3.63) is 29.1 Å². The molecule has 0 aliphatic rings. The smallest absolute Gasteiger partial charge is 0.337 e. The van der Waals surface area contributed by atoms with Crippen LogP contribution < -0.4 is 5.32 Å². The number of carboxylic acid groups (broad SMARTS) is 1. The Morgan fingerprint density at radius 3 is 2.43 bits per heavy atom. The van der Waals surface area contributed by atoms with Crippen molar-refractivity contribution >= 4 is 11.9 Å². The van der Waals surface area contributed by atoms with E-state index in [4.69, 9.17) is 9.84 Å². The molecule has 1 atom stereocenters.